The average molecular weight is 300 g/mol. The summed E-state index contributed by atoms with van der Waals surface area (Å²) in [7, 11) is 0. The van der Waals surface area contributed by atoms with Crippen molar-refractivity contribution >= 4 is 17.5 Å². The quantitative estimate of drug-likeness (QED) is 0.910. The van der Waals surface area contributed by atoms with Gasteiger partial charge in [-0.05, 0) is 31.4 Å². The molecular formula is C16H20N4O2. The van der Waals surface area contributed by atoms with Crippen LogP contribution < -0.4 is 15.5 Å². The van der Waals surface area contributed by atoms with Crippen molar-refractivity contribution in [3.05, 3.63) is 42.2 Å². The smallest absolute Gasteiger partial charge is 0.320 e. The molecule has 2 heterocycles. The summed E-state index contributed by atoms with van der Waals surface area (Å²) in [6.07, 6.45) is 1.08. The van der Waals surface area contributed by atoms with Gasteiger partial charge in [0.2, 0.25) is 0 Å². The fourth-order valence-electron chi connectivity index (χ4n) is 2.70. The molecule has 0 spiro atoms. The first-order chi connectivity index (χ1) is 10.7. The molecule has 3 rings (SSSR count). The van der Waals surface area contributed by atoms with E-state index in [2.05, 4.69) is 32.8 Å². The number of nitrogens with one attached hydrogen (secondary N) is 2. The predicted octanol–water partition coefficient (Wildman–Crippen LogP) is 2.63. The second-order valence-electron chi connectivity index (χ2n) is 5.59. The lowest BCUT2D eigenvalue weighted by molar-refractivity contribution is 0.250. The molecule has 1 aromatic carbocycles. The largest absolute Gasteiger partial charge is 0.371 e. The average Bonchev–Trinajstić information content (AvgIpc) is 3.15. The zero-order chi connectivity index (χ0) is 15.4. The zero-order valence-corrected chi connectivity index (χ0v) is 12.6. The van der Waals surface area contributed by atoms with Crippen molar-refractivity contribution < 1.29 is 9.32 Å². The number of para-hydroxylation sites is 1. The molecule has 1 aliphatic rings. The fraction of sp³-hybridized carbons (Fsp3) is 0.375. The highest BCUT2D eigenvalue weighted by Crippen LogP contribution is 2.22. The minimum atomic E-state index is -0.244. The van der Waals surface area contributed by atoms with Gasteiger partial charge in [0.25, 0.3) is 0 Å². The summed E-state index contributed by atoms with van der Waals surface area (Å²) >= 11 is 0. The van der Waals surface area contributed by atoms with Gasteiger partial charge in [-0.3, -0.25) is 5.32 Å². The Labute approximate surface area is 129 Å². The van der Waals surface area contributed by atoms with Crippen LogP contribution in [0.25, 0.3) is 0 Å². The van der Waals surface area contributed by atoms with Crippen LogP contribution in [0.15, 0.2) is 40.9 Å². The van der Waals surface area contributed by atoms with E-state index in [1.807, 2.05) is 18.2 Å². The van der Waals surface area contributed by atoms with Crippen molar-refractivity contribution in [3.63, 3.8) is 0 Å². The van der Waals surface area contributed by atoms with Crippen molar-refractivity contribution in [2.24, 2.45) is 5.92 Å². The van der Waals surface area contributed by atoms with Gasteiger partial charge in [0.05, 0.1) is 0 Å². The van der Waals surface area contributed by atoms with Gasteiger partial charge in [-0.1, -0.05) is 23.4 Å². The molecule has 0 radical (unpaired) electrons. The number of carbonyl (C=O) groups excluding carboxylic acids is 1. The summed E-state index contributed by atoms with van der Waals surface area (Å²) in [6, 6.07) is 11.8. The van der Waals surface area contributed by atoms with Crippen molar-refractivity contribution in [1.29, 1.82) is 0 Å². The number of aryl methyl sites for hydroxylation is 1. The molecule has 1 atom stereocenters. The van der Waals surface area contributed by atoms with Crippen molar-refractivity contribution in [2.45, 2.75) is 13.3 Å². The minimum Gasteiger partial charge on any atom is -0.371 e. The number of aromatic nitrogens is 1. The van der Waals surface area contributed by atoms with E-state index in [0.717, 1.165) is 19.5 Å². The molecule has 1 aliphatic heterocycles. The Morgan fingerprint density at radius 2 is 2.23 bits per heavy atom. The molecule has 2 aromatic rings. The maximum atomic E-state index is 11.8. The van der Waals surface area contributed by atoms with Gasteiger partial charge in [0.15, 0.2) is 5.82 Å². The molecule has 6 heteroatoms. The molecule has 6 nitrogen and oxygen atoms in total. The van der Waals surface area contributed by atoms with E-state index >= 15 is 0 Å². The third-order valence-electron chi connectivity index (χ3n) is 3.83. The van der Waals surface area contributed by atoms with Crippen LogP contribution in [0.2, 0.25) is 0 Å². The maximum Gasteiger partial charge on any atom is 0.320 e. The second-order valence-corrected chi connectivity index (χ2v) is 5.59. The summed E-state index contributed by atoms with van der Waals surface area (Å²) in [4.78, 5) is 14.2. The van der Waals surface area contributed by atoms with E-state index in [0.29, 0.717) is 24.0 Å². The van der Waals surface area contributed by atoms with Crippen LogP contribution in [0.4, 0.5) is 16.3 Å². The van der Waals surface area contributed by atoms with Gasteiger partial charge >= 0.3 is 6.03 Å². The predicted molar refractivity (Wildman–Crippen MR) is 85.0 cm³/mol. The molecule has 1 aromatic heterocycles. The number of hydrogen-bond acceptors (Lipinski definition) is 4. The maximum absolute atomic E-state index is 11.8. The third-order valence-corrected chi connectivity index (χ3v) is 3.83. The molecule has 1 saturated heterocycles. The highest BCUT2D eigenvalue weighted by atomic mass is 16.5. The number of benzene rings is 1. The molecule has 2 amide bonds. The third kappa shape index (κ3) is 3.58. The van der Waals surface area contributed by atoms with Gasteiger partial charge in [-0.25, -0.2) is 4.79 Å². The standard InChI is InChI=1S/C16H20N4O2/c1-12-9-15(19-22-12)18-16(21)17-10-13-7-8-20(11-13)14-5-3-2-4-6-14/h2-6,9,13H,7-8,10-11H2,1H3,(H2,17,18,19,21)/t13-/m0/s1. The number of hydrogen-bond donors (Lipinski definition) is 2. The first-order valence-corrected chi connectivity index (χ1v) is 7.49. The number of rotatable bonds is 4. The highest BCUT2D eigenvalue weighted by Gasteiger charge is 2.23. The summed E-state index contributed by atoms with van der Waals surface area (Å²) in [6.45, 7) is 4.44. The van der Waals surface area contributed by atoms with Crippen LogP contribution in [-0.2, 0) is 0 Å². The molecule has 0 unspecified atom stereocenters. The lowest BCUT2D eigenvalue weighted by atomic mass is 10.1. The molecule has 22 heavy (non-hydrogen) atoms. The second kappa shape index (κ2) is 6.51. The molecule has 116 valence electrons. The summed E-state index contributed by atoms with van der Waals surface area (Å²) in [5.74, 6) is 1.57. The van der Waals surface area contributed by atoms with Gasteiger partial charge in [0, 0.05) is 31.4 Å². The molecule has 0 saturated carbocycles. The molecular weight excluding hydrogens is 280 g/mol. The normalized spacial score (nSPS) is 17.5. The van der Waals surface area contributed by atoms with Crippen LogP contribution in [-0.4, -0.2) is 30.8 Å². The lowest BCUT2D eigenvalue weighted by Crippen LogP contribution is -2.34. The Bertz CT molecular complexity index is 626. The van der Waals surface area contributed by atoms with Crippen molar-refractivity contribution in [1.82, 2.24) is 10.5 Å². The molecule has 0 bridgehead atoms. The van der Waals surface area contributed by atoms with Crippen LogP contribution in [0, 0.1) is 12.8 Å². The van der Waals surface area contributed by atoms with Crippen LogP contribution in [0.1, 0.15) is 12.2 Å². The van der Waals surface area contributed by atoms with Gasteiger partial charge < -0.3 is 14.7 Å². The number of anilines is 2. The summed E-state index contributed by atoms with van der Waals surface area (Å²) in [5.41, 5.74) is 1.24. The van der Waals surface area contributed by atoms with E-state index in [-0.39, 0.29) is 6.03 Å². The van der Waals surface area contributed by atoms with Crippen LogP contribution >= 0.6 is 0 Å². The van der Waals surface area contributed by atoms with Crippen LogP contribution in [0.5, 0.6) is 0 Å². The molecule has 1 fully saturated rings. The van der Waals surface area contributed by atoms with Crippen LogP contribution in [0.3, 0.4) is 0 Å². The number of urea groups is 1. The SMILES string of the molecule is Cc1cc(NC(=O)NC[C@@H]2CCN(c3ccccc3)C2)no1. The first-order valence-electron chi connectivity index (χ1n) is 7.49. The summed E-state index contributed by atoms with van der Waals surface area (Å²) in [5, 5.41) is 9.29. The van der Waals surface area contributed by atoms with E-state index in [1.54, 1.807) is 13.0 Å². The lowest BCUT2D eigenvalue weighted by Gasteiger charge is -2.18. The van der Waals surface area contributed by atoms with E-state index in [4.69, 9.17) is 4.52 Å². The van der Waals surface area contributed by atoms with E-state index in [1.165, 1.54) is 5.69 Å². The number of carbonyl (C=O) groups is 1. The Morgan fingerprint density at radius 1 is 1.41 bits per heavy atom. The minimum absolute atomic E-state index is 0.244. The van der Waals surface area contributed by atoms with Crippen molar-refractivity contribution in [2.75, 3.05) is 29.9 Å². The number of amides is 2. The van der Waals surface area contributed by atoms with Crippen molar-refractivity contribution in [3.8, 4) is 0 Å². The first kappa shape index (κ1) is 14.4. The molecule has 0 aliphatic carbocycles. The Morgan fingerprint density at radius 3 is 2.95 bits per heavy atom. The van der Waals surface area contributed by atoms with Gasteiger partial charge in [-0.15, -0.1) is 0 Å². The van der Waals surface area contributed by atoms with Gasteiger partial charge in [-0.2, -0.15) is 0 Å². The monoisotopic (exact) mass is 300 g/mol. The van der Waals surface area contributed by atoms with Gasteiger partial charge in [0.1, 0.15) is 5.76 Å². The highest BCUT2D eigenvalue weighted by molar-refractivity contribution is 5.88. The van der Waals surface area contributed by atoms with E-state index < -0.39 is 0 Å². The van der Waals surface area contributed by atoms with E-state index in [9.17, 15) is 4.79 Å². The summed E-state index contributed by atoms with van der Waals surface area (Å²) < 4.78 is 4.91. The Kier molecular flexibility index (Phi) is 4.27. The topological polar surface area (TPSA) is 70.4 Å². The number of nitrogens with zero attached hydrogens (tertiary/aromatic N) is 2. The Hall–Kier alpha value is -2.50. The Balaban J connectivity index is 1.44. The fourth-order valence-corrected chi connectivity index (χ4v) is 2.70. The zero-order valence-electron chi connectivity index (χ0n) is 12.6. The molecule has 2 N–H and O–H groups in total.